The van der Waals surface area contributed by atoms with Crippen LogP contribution in [0.5, 0.6) is 0 Å². The maximum absolute atomic E-state index is 10.7. The third-order valence-corrected chi connectivity index (χ3v) is 4.67. The first kappa shape index (κ1) is 12.1. The Kier molecular flexibility index (Phi) is 7.29. The Hall–Kier alpha value is 1.12. The summed E-state index contributed by atoms with van der Waals surface area (Å²) in [6.45, 7) is 3.32. The molecule has 68 valence electrons. The monoisotopic (exact) mass is 236 g/mol. The van der Waals surface area contributed by atoms with Gasteiger partial charge in [0.25, 0.3) is 0 Å². The molecular weight excluding hydrogens is 226 g/mol. The second kappa shape index (κ2) is 6.62. The van der Waals surface area contributed by atoms with Crippen molar-refractivity contribution in [1.29, 1.82) is 0 Å². The number of rotatable bonds is 6. The standard InChI is InChI=1S/C5H11Cl2O2PS/c1-2-3-9-4-5-11-10(6,7)8/h2-5H2,1H3. The van der Waals surface area contributed by atoms with Gasteiger partial charge in [-0.25, -0.2) is 0 Å². The molecule has 0 heterocycles. The summed E-state index contributed by atoms with van der Waals surface area (Å²) >= 11 is 11.6. The van der Waals surface area contributed by atoms with Crippen LogP contribution in [0.15, 0.2) is 0 Å². The highest BCUT2D eigenvalue weighted by Crippen LogP contribution is 2.67. The van der Waals surface area contributed by atoms with Crippen LogP contribution in [-0.2, 0) is 9.30 Å². The molecule has 0 rings (SSSR count). The molecule has 0 bridgehead atoms. The Balaban J connectivity index is 3.09. The molecule has 0 aliphatic rings. The Morgan fingerprint density at radius 3 is 2.55 bits per heavy atom. The van der Waals surface area contributed by atoms with Crippen LogP contribution in [0, 0.1) is 0 Å². The van der Waals surface area contributed by atoms with Crippen LogP contribution in [0.3, 0.4) is 0 Å². The van der Waals surface area contributed by atoms with Crippen LogP contribution in [-0.4, -0.2) is 19.0 Å². The number of ether oxygens (including phenoxy) is 1. The average Bonchev–Trinajstić information content (AvgIpc) is 1.85. The van der Waals surface area contributed by atoms with E-state index in [-0.39, 0.29) is 0 Å². The number of halogens is 2. The van der Waals surface area contributed by atoms with Crippen LogP contribution < -0.4 is 0 Å². The van der Waals surface area contributed by atoms with Crippen molar-refractivity contribution in [1.82, 2.24) is 0 Å². The molecule has 0 saturated heterocycles. The average molecular weight is 237 g/mol. The SMILES string of the molecule is CCCOCCSP(=O)(Cl)Cl. The van der Waals surface area contributed by atoms with Crippen molar-refractivity contribution >= 4 is 38.9 Å². The molecule has 0 atom stereocenters. The van der Waals surface area contributed by atoms with Gasteiger partial charge in [0.15, 0.2) is 0 Å². The van der Waals surface area contributed by atoms with Crippen molar-refractivity contribution in [2.45, 2.75) is 13.3 Å². The molecule has 0 aromatic rings. The van der Waals surface area contributed by atoms with Gasteiger partial charge in [-0.15, -0.1) is 0 Å². The minimum absolute atomic E-state index is 0.557. The zero-order chi connectivity index (χ0) is 8.74. The van der Waals surface area contributed by atoms with E-state index in [9.17, 15) is 4.57 Å². The molecule has 0 amide bonds. The maximum atomic E-state index is 10.7. The van der Waals surface area contributed by atoms with E-state index in [1.54, 1.807) is 0 Å². The largest absolute Gasteiger partial charge is 0.381 e. The fourth-order valence-corrected chi connectivity index (χ4v) is 2.96. The smallest absolute Gasteiger partial charge is 0.307 e. The summed E-state index contributed by atoms with van der Waals surface area (Å²) in [7, 11) is 0. The molecule has 0 aliphatic heterocycles. The minimum atomic E-state index is -2.93. The van der Waals surface area contributed by atoms with E-state index in [0.717, 1.165) is 24.4 Å². The summed E-state index contributed by atoms with van der Waals surface area (Å²) in [5.74, 6) is 0.588. The number of hydrogen-bond donors (Lipinski definition) is 0. The molecule has 0 N–H and O–H groups in total. The zero-order valence-electron chi connectivity index (χ0n) is 6.26. The fourth-order valence-electron chi connectivity index (χ4n) is 0.449. The van der Waals surface area contributed by atoms with E-state index in [1.807, 2.05) is 6.92 Å². The summed E-state index contributed by atoms with van der Waals surface area (Å²) in [6, 6.07) is 0. The molecule has 0 aromatic carbocycles. The van der Waals surface area contributed by atoms with Crippen molar-refractivity contribution in [3.8, 4) is 0 Å². The lowest BCUT2D eigenvalue weighted by molar-refractivity contribution is 0.151. The Morgan fingerprint density at radius 2 is 2.09 bits per heavy atom. The van der Waals surface area contributed by atoms with Crippen LogP contribution in [0.25, 0.3) is 0 Å². The first-order valence-corrected chi connectivity index (χ1v) is 8.38. The summed E-state index contributed by atoms with van der Waals surface area (Å²) in [5.41, 5.74) is 0. The van der Waals surface area contributed by atoms with Crippen LogP contribution >= 0.6 is 38.9 Å². The Bertz CT molecular complexity index is 138. The first-order chi connectivity index (χ1) is 5.06. The lowest BCUT2D eigenvalue weighted by Crippen LogP contribution is -1.96. The van der Waals surface area contributed by atoms with Crippen molar-refractivity contribution in [2.75, 3.05) is 19.0 Å². The van der Waals surface area contributed by atoms with E-state index >= 15 is 0 Å². The van der Waals surface area contributed by atoms with Crippen molar-refractivity contribution in [2.24, 2.45) is 0 Å². The van der Waals surface area contributed by atoms with Crippen molar-refractivity contribution in [3.05, 3.63) is 0 Å². The van der Waals surface area contributed by atoms with Gasteiger partial charge in [0, 0.05) is 12.4 Å². The summed E-state index contributed by atoms with van der Waals surface area (Å²) in [5, 5.41) is -2.93. The molecule has 6 heteroatoms. The zero-order valence-corrected chi connectivity index (χ0v) is 9.48. The van der Waals surface area contributed by atoms with Crippen LogP contribution in [0.1, 0.15) is 13.3 Å². The van der Waals surface area contributed by atoms with E-state index in [0.29, 0.717) is 12.4 Å². The topological polar surface area (TPSA) is 26.3 Å². The predicted molar refractivity (Wildman–Crippen MR) is 52.9 cm³/mol. The Morgan fingerprint density at radius 1 is 1.45 bits per heavy atom. The summed E-state index contributed by atoms with van der Waals surface area (Å²) < 4.78 is 15.8. The van der Waals surface area contributed by atoms with E-state index in [1.165, 1.54) is 0 Å². The lowest BCUT2D eigenvalue weighted by atomic mass is 10.5. The van der Waals surface area contributed by atoms with E-state index < -0.39 is 5.05 Å². The van der Waals surface area contributed by atoms with Gasteiger partial charge in [-0.05, 0) is 28.9 Å². The van der Waals surface area contributed by atoms with Gasteiger partial charge in [0.2, 0.25) is 0 Å². The molecule has 0 aromatic heterocycles. The van der Waals surface area contributed by atoms with E-state index in [2.05, 4.69) is 0 Å². The van der Waals surface area contributed by atoms with Gasteiger partial charge < -0.3 is 4.74 Å². The first-order valence-electron chi connectivity index (χ1n) is 3.28. The number of hydrogen-bond acceptors (Lipinski definition) is 3. The van der Waals surface area contributed by atoms with Gasteiger partial charge >= 0.3 is 5.05 Å². The third kappa shape index (κ3) is 11.1. The summed E-state index contributed by atoms with van der Waals surface area (Å²) in [4.78, 5) is 0. The maximum Gasteiger partial charge on any atom is 0.307 e. The fraction of sp³-hybridized carbons (Fsp3) is 1.00. The van der Waals surface area contributed by atoms with Gasteiger partial charge in [-0.1, -0.05) is 18.3 Å². The van der Waals surface area contributed by atoms with Gasteiger partial charge in [0.1, 0.15) is 0 Å². The molecule has 0 radical (unpaired) electrons. The van der Waals surface area contributed by atoms with Gasteiger partial charge in [-0.2, -0.15) is 0 Å². The molecule has 0 aliphatic carbocycles. The lowest BCUT2D eigenvalue weighted by Gasteiger charge is -2.02. The molecule has 11 heavy (non-hydrogen) atoms. The highest BCUT2D eigenvalue weighted by molar-refractivity contribution is 8.72. The predicted octanol–water partition coefficient (Wildman–Crippen LogP) is 3.73. The van der Waals surface area contributed by atoms with Crippen LogP contribution in [0.2, 0.25) is 0 Å². The second-order valence-electron chi connectivity index (χ2n) is 1.86. The van der Waals surface area contributed by atoms with Crippen LogP contribution in [0.4, 0.5) is 0 Å². The van der Waals surface area contributed by atoms with Crippen molar-refractivity contribution in [3.63, 3.8) is 0 Å². The molecule has 0 unspecified atom stereocenters. The summed E-state index contributed by atoms with van der Waals surface area (Å²) in [6.07, 6.45) is 0.990. The third-order valence-electron chi connectivity index (χ3n) is 0.818. The minimum Gasteiger partial charge on any atom is -0.381 e. The van der Waals surface area contributed by atoms with E-state index in [4.69, 9.17) is 27.2 Å². The Labute approximate surface area is 80.7 Å². The highest BCUT2D eigenvalue weighted by atomic mass is 35.9. The normalized spacial score (nSPS) is 11.9. The van der Waals surface area contributed by atoms with Gasteiger partial charge in [-0.3, -0.25) is 4.57 Å². The molecular formula is C5H11Cl2O2PS. The van der Waals surface area contributed by atoms with Gasteiger partial charge in [0.05, 0.1) is 6.61 Å². The molecule has 2 nitrogen and oxygen atoms in total. The quantitative estimate of drug-likeness (QED) is 0.520. The van der Waals surface area contributed by atoms with Crippen molar-refractivity contribution < 1.29 is 9.30 Å². The molecule has 0 saturated carbocycles. The second-order valence-corrected chi connectivity index (χ2v) is 10.3. The molecule has 0 fully saturated rings. The highest BCUT2D eigenvalue weighted by Gasteiger charge is 2.12. The molecule has 0 spiro atoms.